The molecule has 0 aromatic carbocycles. The van der Waals surface area contributed by atoms with Crippen molar-refractivity contribution in [1.82, 2.24) is 19.9 Å². The van der Waals surface area contributed by atoms with E-state index in [2.05, 4.69) is 10.3 Å². The number of hydrogen-bond donors (Lipinski definition) is 1. The van der Waals surface area contributed by atoms with Crippen molar-refractivity contribution in [3.05, 3.63) is 11.9 Å². The van der Waals surface area contributed by atoms with E-state index in [-0.39, 0.29) is 12.2 Å². The molecule has 0 saturated carbocycles. The molecule has 0 atom stereocenters. The van der Waals surface area contributed by atoms with Gasteiger partial charge in [0.05, 0.1) is 12.7 Å². The van der Waals surface area contributed by atoms with Gasteiger partial charge in [0.1, 0.15) is 6.54 Å². The Morgan fingerprint density at radius 1 is 1.56 bits per heavy atom. The minimum Gasteiger partial charge on any atom is -0.329 e. The highest BCUT2D eigenvalue weighted by molar-refractivity contribution is 5.91. The molecule has 0 spiro atoms. The first kappa shape index (κ1) is 14.4. The van der Waals surface area contributed by atoms with Gasteiger partial charge >= 0.3 is 6.18 Å². The Labute approximate surface area is 102 Å². The van der Waals surface area contributed by atoms with Crippen LogP contribution in [0, 0.1) is 0 Å². The molecule has 102 valence electrons. The van der Waals surface area contributed by atoms with E-state index in [1.807, 2.05) is 0 Å². The summed E-state index contributed by atoms with van der Waals surface area (Å²) in [5.74, 6) is -0.793. The van der Waals surface area contributed by atoms with Crippen LogP contribution in [0.1, 0.15) is 17.4 Å². The molecule has 0 unspecified atom stereocenters. The molecule has 1 rings (SSSR count). The number of nitrogens with two attached hydrogens (primary N) is 1. The quantitative estimate of drug-likeness (QED) is 0.828. The van der Waals surface area contributed by atoms with Crippen LogP contribution in [0.4, 0.5) is 13.2 Å². The third-order valence-corrected chi connectivity index (χ3v) is 2.16. The minimum atomic E-state index is -4.43. The molecule has 0 radical (unpaired) electrons. The highest BCUT2D eigenvalue weighted by atomic mass is 19.4. The highest BCUT2D eigenvalue weighted by Crippen LogP contribution is 2.17. The van der Waals surface area contributed by atoms with Crippen molar-refractivity contribution in [1.29, 1.82) is 0 Å². The van der Waals surface area contributed by atoms with Gasteiger partial charge in [-0.25, -0.2) is 0 Å². The summed E-state index contributed by atoms with van der Waals surface area (Å²) in [5, 5.41) is 7.13. The van der Waals surface area contributed by atoms with Crippen molar-refractivity contribution >= 4 is 5.91 Å². The van der Waals surface area contributed by atoms with E-state index < -0.39 is 18.6 Å². The Kier molecular flexibility index (Phi) is 4.65. The van der Waals surface area contributed by atoms with Gasteiger partial charge in [-0.1, -0.05) is 5.21 Å². The van der Waals surface area contributed by atoms with Crippen LogP contribution >= 0.6 is 0 Å². The van der Waals surface area contributed by atoms with Crippen molar-refractivity contribution in [3.63, 3.8) is 0 Å². The van der Waals surface area contributed by atoms with Crippen LogP contribution in [0.5, 0.6) is 0 Å². The summed E-state index contributed by atoms with van der Waals surface area (Å²) in [6, 6.07) is 0. The van der Waals surface area contributed by atoms with Crippen molar-refractivity contribution in [2.24, 2.45) is 5.73 Å². The van der Waals surface area contributed by atoms with Gasteiger partial charge in [-0.2, -0.15) is 13.2 Å². The lowest BCUT2D eigenvalue weighted by atomic mass is 10.3. The zero-order valence-corrected chi connectivity index (χ0v) is 9.81. The first-order valence-electron chi connectivity index (χ1n) is 5.33. The van der Waals surface area contributed by atoms with E-state index in [9.17, 15) is 18.0 Å². The molecule has 0 saturated heterocycles. The second kappa shape index (κ2) is 5.80. The standard InChI is InChI=1S/C9H14F3N5O/c1-2-16(6-9(10,11)12)8(18)7-5-17(4-3-13)15-14-7/h5H,2-4,6,13H2,1H3. The Balaban J connectivity index is 2.76. The van der Waals surface area contributed by atoms with Gasteiger partial charge in [-0.15, -0.1) is 5.10 Å². The first-order chi connectivity index (χ1) is 8.37. The van der Waals surface area contributed by atoms with Crippen LogP contribution in [0.2, 0.25) is 0 Å². The van der Waals surface area contributed by atoms with Crippen molar-refractivity contribution in [3.8, 4) is 0 Å². The molecule has 18 heavy (non-hydrogen) atoms. The molecule has 9 heteroatoms. The Morgan fingerprint density at radius 3 is 2.72 bits per heavy atom. The highest BCUT2D eigenvalue weighted by Gasteiger charge is 2.33. The first-order valence-corrected chi connectivity index (χ1v) is 5.33. The molecule has 6 nitrogen and oxygen atoms in total. The topological polar surface area (TPSA) is 77.0 Å². The van der Waals surface area contributed by atoms with Crippen LogP contribution in [0.3, 0.4) is 0 Å². The number of hydrogen-bond acceptors (Lipinski definition) is 4. The lowest BCUT2D eigenvalue weighted by Gasteiger charge is -2.20. The van der Waals surface area contributed by atoms with E-state index in [4.69, 9.17) is 5.73 Å². The van der Waals surface area contributed by atoms with E-state index in [0.29, 0.717) is 18.0 Å². The fourth-order valence-corrected chi connectivity index (χ4v) is 1.34. The number of rotatable bonds is 5. The van der Waals surface area contributed by atoms with Crippen LogP contribution in [-0.4, -0.2) is 51.6 Å². The number of alkyl halides is 3. The maximum Gasteiger partial charge on any atom is 0.406 e. The number of carbonyl (C=O) groups excluding carboxylic acids is 1. The summed E-state index contributed by atoms with van der Waals surface area (Å²) in [4.78, 5) is 12.4. The molecular weight excluding hydrogens is 251 g/mol. The number of amides is 1. The molecule has 1 heterocycles. The maximum absolute atomic E-state index is 12.2. The van der Waals surface area contributed by atoms with Crippen molar-refractivity contribution in [2.75, 3.05) is 19.6 Å². The smallest absolute Gasteiger partial charge is 0.329 e. The Bertz CT molecular complexity index is 403. The minimum absolute atomic E-state index is 0.0535. The van der Waals surface area contributed by atoms with E-state index in [1.165, 1.54) is 17.8 Å². The molecule has 1 aromatic heterocycles. The largest absolute Gasteiger partial charge is 0.406 e. The normalized spacial score (nSPS) is 11.6. The fourth-order valence-electron chi connectivity index (χ4n) is 1.34. The summed E-state index contributed by atoms with van der Waals surface area (Å²) >= 11 is 0. The second-order valence-corrected chi connectivity index (χ2v) is 3.59. The van der Waals surface area contributed by atoms with E-state index in [1.54, 1.807) is 0 Å². The van der Waals surface area contributed by atoms with Gasteiger partial charge in [-0.3, -0.25) is 9.48 Å². The summed E-state index contributed by atoms with van der Waals surface area (Å²) in [7, 11) is 0. The number of carbonyl (C=O) groups is 1. The average Bonchev–Trinajstić information content (AvgIpc) is 2.73. The molecule has 1 aromatic rings. The van der Waals surface area contributed by atoms with Crippen LogP contribution in [0.25, 0.3) is 0 Å². The summed E-state index contributed by atoms with van der Waals surface area (Å²) < 4.78 is 38.0. The molecule has 2 N–H and O–H groups in total. The van der Waals surface area contributed by atoms with Gasteiger partial charge in [-0.05, 0) is 6.92 Å². The maximum atomic E-state index is 12.2. The zero-order valence-electron chi connectivity index (χ0n) is 9.81. The lowest BCUT2D eigenvalue weighted by Crippen LogP contribution is -2.39. The summed E-state index contributed by atoms with van der Waals surface area (Å²) in [6.45, 7) is 0.769. The number of nitrogens with zero attached hydrogens (tertiary/aromatic N) is 4. The molecule has 0 aliphatic carbocycles. The number of halogens is 3. The second-order valence-electron chi connectivity index (χ2n) is 3.59. The van der Waals surface area contributed by atoms with Gasteiger partial charge in [0.15, 0.2) is 5.69 Å². The fraction of sp³-hybridized carbons (Fsp3) is 0.667. The summed E-state index contributed by atoms with van der Waals surface area (Å²) in [5.41, 5.74) is 5.17. The van der Waals surface area contributed by atoms with Gasteiger partial charge in [0, 0.05) is 13.1 Å². The lowest BCUT2D eigenvalue weighted by molar-refractivity contribution is -0.140. The van der Waals surface area contributed by atoms with E-state index >= 15 is 0 Å². The van der Waals surface area contributed by atoms with Crippen LogP contribution in [0.15, 0.2) is 6.20 Å². The van der Waals surface area contributed by atoms with Crippen LogP contribution in [-0.2, 0) is 6.54 Å². The summed E-state index contributed by atoms with van der Waals surface area (Å²) in [6.07, 6.45) is -3.15. The molecule has 1 amide bonds. The SMILES string of the molecule is CCN(CC(F)(F)F)C(=O)c1cn(CCN)nn1. The van der Waals surface area contributed by atoms with Crippen molar-refractivity contribution < 1.29 is 18.0 Å². The molecule has 0 fully saturated rings. The third-order valence-electron chi connectivity index (χ3n) is 2.16. The predicted molar refractivity (Wildman–Crippen MR) is 56.7 cm³/mol. The number of aromatic nitrogens is 3. The molecule has 0 bridgehead atoms. The third kappa shape index (κ3) is 3.99. The Hall–Kier alpha value is -1.64. The molecule has 0 aliphatic heterocycles. The van der Waals surface area contributed by atoms with Crippen LogP contribution < -0.4 is 5.73 Å². The zero-order chi connectivity index (χ0) is 13.8. The average molecular weight is 265 g/mol. The monoisotopic (exact) mass is 265 g/mol. The van der Waals surface area contributed by atoms with E-state index in [0.717, 1.165) is 0 Å². The predicted octanol–water partition coefficient (Wildman–Crippen LogP) is 0.261. The van der Waals surface area contributed by atoms with Gasteiger partial charge < -0.3 is 10.6 Å². The van der Waals surface area contributed by atoms with Gasteiger partial charge in [0.2, 0.25) is 0 Å². The van der Waals surface area contributed by atoms with Gasteiger partial charge in [0.25, 0.3) is 5.91 Å². The van der Waals surface area contributed by atoms with Crippen molar-refractivity contribution in [2.45, 2.75) is 19.6 Å². The molecular formula is C9H14F3N5O. The molecule has 0 aliphatic rings. The Morgan fingerprint density at radius 2 is 2.22 bits per heavy atom.